The van der Waals surface area contributed by atoms with Crippen LogP contribution in [-0.4, -0.2) is 0 Å². The minimum Gasteiger partial charge on any atom is -0.0891 e. The Bertz CT molecular complexity index is 2350. The standard InChI is InChI=1S/C44H30S/c1-2-8-27(9-3-1)31-24-32(34-20-18-30-17-16-28-10-6-11-29-19-21-39(34)43(30)42(28)29)26-33(25-31)35-22-23-41-44-37(35)13-7-14-38(44)36-12-4-5-15-40(36)45-41/h1-18,20,22-26,35,37H,19,21H2/t35-,37+/m1/s1. The smallest absolute Gasteiger partial charge is 0.0201 e. The van der Waals surface area contributed by atoms with E-state index in [9.17, 15) is 0 Å². The van der Waals surface area contributed by atoms with Gasteiger partial charge >= 0.3 is 0 Å². The molecule has 1 heteroatoms. The summed E-state index contributed by atoms with van der Waals surface area (Å²) in [6, 6.07) is 43.4. The summed E-state index contributed by atoms with van der Waals surface area (Å²) in [5.41, 5.74) is 13.9. The number of hydrogen-bond acceptors (Lipinski definition) is 1. The second-order valence-electron chi connectivity index (χ2n) is 12.7. The van der Waals surface area contributed by atoms with Gasteiger partial charge in [-0.05, 0) is 102 Å². The van der Waals surface area contributed by atoms with Crippen molar-refractivity contribution in [3.63, 3.8) is 0 Å². The summed E-state index contributed by atoms with van der Waals surface area (Å²) in [6.07, 6.45) is 14.1. The van der Waals surface area contributed by atoms with Crippen LogP contribution in [-0.2, 0) is 12.8 Å². The Morgan fingerprint density at radius 1 is 0.578 bits per heavy atom. The third-order valence-corrected chi connectivity index (χ3v) is 11.5. The van der Waals surface area contributed by atoms with Gasteiger partial charge in [-0.1, -0.05) is 145 Å². The maximum Gasteiger partial charge on any atom is 0.0201 e. The first-order valence-electron chi connectivity index (χ1n) is 16.1. The first-order chi connectivity index (χ1) is 22.3. The summed E-state index contributed by atoms with van der Waals surface area (Å²) in [6.45, 7) is 0. The van der Waals surface area contributed by atoms with Gasteiger partial charge in [-0.3, -0.25) is 0 Å². The van der Waals surface area contributed by atoms with E-state index in [4.69, 9.17) is 0 Å². The second kappa shape index (κ2) is 9.83. The lowest BCUT2D eigenvalue weighted by atomic mass is 9.71. The average Bonchev–Trinajstić information content (AvgIpc) is 3.11. The third kappa shape index (κ3) is 3.87. The summed E-state index contributed by atoms with van der Waals surface area (Å²) < 4.78 is 0. The number of benzene rings is 6. The molecule has 0 nitrogen and oxygen atoms in total. The van der Waals surface area contributed by atoms with Crippen LogP contribution >= 0.6 is 11.8 Å². The number of thioether (sulfide) groups is 1. The minimum absolute atomic E-state index is 0.265. The number of hydrogen-bond donors (Lipinski definition) is 0. The third-order valence-electron chi connectivity index (χ3n) is 10.3. The second-order valence-corrected chi connectivity index (χ2v) is 13.8. The zero-order chi connectivity index (χ0) is 29.5. The lowest BCUT2D eigenvalue weighted by molar-refractivity contribution is 0.672. The Kier molecular flexibility index (Phi) is 5.56. The predicted octanol–water partition coefficient (Wildman–Crippen LogP) is 11.7. The fourth-order valence-corrected chi connectivity index (χ4v) is 9.49. The number of aryl methyl sites for hydroxylation is 2. The highest BCUT2D eigenvalue weighted by Gasteiger charge is 2.35. The van der Waals surface area contributed by atoms with Crippen LogP contribution in [0.1, 0.15) is 28.2 Å². The van der Waals surface area contributed by atoms with E-state index in [1.807, 2.05) is 11.8 Å². The highest BCUT2D eigenvalue weighted by Crippen LogP contribution is 2.54. The highest BCUT2D eigenvalue weighted by molar-refractivity contribution is 8.03. The van der Waals surface area contributed by atoms with Crippen molar-refractivity contribution in [2.75, 3.05) is 0 Å². The van der Waals surface area contributed by atoms with Gasteiger partial charge in [0.2, 0.25) is 0 Å². The maximum absolute atomic E-state index is 2.50. The van der Waals surface area contributed by atoms with E-state index >= 15 is 0 Å². The van der Waals surface area contributed by atoms with Crippen LogP contribution in [0.2, 0.25) is 0 Å². The quantitative estimate of drug-likeness (QED) is 0.185. The lowest BCUT2D eigenvalue weighted by Crippen LogP contribution is -2.20. The molecule has 0 radical (unpaired) electrons. The number of fused-ring (bicyclic) bond motifs is 2. The van der Waals surface area contributed by atoms with Gasteiger partial charge in [0.05, 0.1) is 0 Å². The lowest BCUT2D eigenvalue weighted by Gasteiger charge is -2.37. The molecule has 0 N–H and O–H groups in total. The molecule has 1 heterocycles. The summed E-state index contributed by atoms with van der Waals surface area (Å²) in [7, 11) is 0. The van der Waals surface area contributed by atoms with Crippen LogP contribution in [0.15, 0.2) is 161 Å². The Morgan fingerprint density at radius 3 is 2.33 bits per heavy atom. The molecule has 45 heavy (non-hydrogen) atoms. The largest absolute Gasteiger partial charge is 0.0891 e. The van der Waals surface area contributed by atoms with E-state index in [1.165, 1.54) is 87.0 Å². The summed E-state index contributed by atoms with van der Waals surface area (Å²) in [4.78, 5) is 2.75. The molecule has 6 aromatic carbocycles. The van der Waals surface area contributed by atoms with Crippen molar-refractivity contribution in [3.8, 4) is 22.3 Å². The maximum atomic E-state index is 2.50. The van der Waals surface area contributed by atoms with Gasteiger partial charge in [0.1, 0.15) is 0 Å². The first kappa shape index (κ1) is 25.5. The molecule has 0 unspecified atom stereocenters. The molecule has 3 aliphatic carbocycles. The van der Waals surface area contributed by atoms with Gasteiger partial charge in [0.15, 0.2) is 0 Å². The molecule has 212 valence electrons. The molecule has 0 fully saturated rings. The van der Waals surface area contributed by atoms with E-state index in [1.54, 1.807) is 0 Å². The molecule has 0 bridgehead atoms. The monoisotopic (exact) mass is 590 g/mol. The molecule has 0 aromatic heterocycles. The van der Waals surface area contributed by atoms with E-state index in [0.717, 1.165) is 12.8 Å². The first-order valence-corrected chi connectivity index (χ1v) is 16.9. The molecule has 4 aliphatic rings. The minimum atomic E-state index is 0.265. The summed E-state index contributed by atoms with van der Waals surface area (Å²) in [5.74, 6) is 0.576. The fraction of sp³-hybridized carbons (Fsp3) is 0.0909. The van der Waals surface area contributed by atoms with Crippen molar-refractivity contribution >= 4 is 38.9 Å². The predicted molar refractivity (Wildman–Crippen MR) is 192 cm³/mol. The van der Waals surface area contributed by atoms with Crippen LogP contribution in [0, 0.1) is 5.92 Å². The normalized spacial score (nSPS) is 19.2. The average molecular weight is 591 g/mol. The molecular formula is C44H30S. The van der Waals surface area contributed by atoms with Crippen LogP contribution in [0.25, 0.3) is 49.4 Å². The van der Waals surface area contributed by atoms with E-state index in [-0.39, 0.29) is 5.92 Å². The molecule has 0 saturated heterocycles. The zero-order valence-electron chi connectivity index (χ0n) is 24.8. The molecular weight excluding hydrogens is 561 g/mol. The van der Waals surface area contributed by atoms with E-state index in [2.05, 4.69) is 146 Å². The molecule has 1 aliphatic heterocycles. The van der Waals surface area contributed by atoms with Crippen molar-refractivity contribution in [1.82, 2.24) is 0 Å². The van der Waals surface area contributed by atoms with Crippen LogP contribution in [0.5, 0.6) is 0 Å². The Labute approximate surface area is 268 Å². The Balaban J connectivity index is 1.17. The Hall–Kier alpha value is -4.85. The van der Waals surface area contributed by atoms with Gasteiger partial charge in [0, 0.05) is 21.6 Å². The topological polar surface area (TPSA) is 0 Å². The van der Waals surface area contributed by atoms with Crippen LogP contribution in [0.3, 0.4) is 0 Å². The van der Waals surface area contributed by atoms with Crippen molar-refractivity contribution in [1.29, 1.82) is 0 Å². The van der Waals surface area contributed by atoms with Crippen molar-refractivity contribution in [2.24, 2.45) is 5.92 Å². The zero-order valence-corrected chi connectivity index (χ0v) is 25.7. The molecule has 0 amide bonds. The molecule has 0 saturated carbocycles. The van der Waals surface area contributed by atoms with Gasteiger partial charge in [-0.25, -0.2) is 0 Å². The Morgan fingerprint density at radius 2 is 1.40 bits per heavy atom. The van der Waals surface area contributed by atoms with Crippen molar-refractivity contribution < 1.29 is 0 Å². The fourth-order valence-electron chi connectivity index (χ4n) is 8.31. The van der Waals surface area contributed by atoms with Gasteiger partial charge in [-0.2, -0.15) is 0 Å². The van der Waals surface area contributed by atoms with Gasteiger partial charge < -0.3 is 0 Å². The molecule has 2 atom stereocenters. The summed E-state index contributed by atoms with van der Waals surface area (Å²) in [5, 5.41) is 5.61. The number of rotatable bonds is 3. The number of allylic oxidation sites excluding steroid dienone is 7. The van der Waals surface area contributed by atoms with Crippen LogP contribution in [0.4, 0.5) is 0 Å². The van der Waals surface area contributed by atoms with Gasteiger partial charge in [0.25, 0.3) is 0 Å². The van der Waals surface area contributed by atoms with E-state index in [0.29, 0.717) is 5.92 Å². The molecule has 6 aromatic rings. The van der Waals surface area contributed by atoms with Gasteiger partial charge in [-0.15, -0.1) is 0 Å². The van der Waals surface area contributed by atoms with Crippen molar-refractivity contribution in [2.45, 2.75) is 23.7 Å². The molecule has 0 spiro atoms. The summed E-state index contributed by atoms with van der Waals surface area (Å²) >= 11 is 1.93. The SMILES string of the molecule is C1=C[C@@H]2C3=C(C=C[C@@H]2c2cc(-c4ccccc4)cc(-c4ccc5ccc6cccc7c6c5c4CC7)c2)Sc2ccccc2C3=C1. The van der Waals surface area contributed by atoms with E-state index < -0.39 is 0 Å². The van der Waals surface area contributed by atoms with Crippen molar-refractivity contribution in [3.05, 3.63) is 178 Å². The molecule has 10 rings (SSSR count). The van der Waals surface area contributed by atoms with Crippen LogP contribution < -0.4 is 0 Å². The highest BCUT2D eigenvalue weighted by atomic mass is 32.2.